The fourth-order valence-corrected chi connectivity index (χ4v) is 2.41. The quantitative estimate of drug-likeness (QED) is 0.596. The molecule has 0 bridgehead atoms. The van der Waals surface area contributed by atoms with Crippen molar-refractivity contribution in [3.8, 4) is 0 Å². The topological polar surface area (TPSA) is 3.24 Å². The Morgan fingerprint density at radius 2 is 1.10 bits per heavy atom. The van der Waals surface area contributed by atoms with Crippen LogP contribution in [0.3, 0.4) is 0 Å². The Morgan fingerprint density at radius 1 is 0.619 bits per heavy atom. The van der Waals surface area contributed by atoms with Crippen molar-refractivity contribution in [2.45, 2.75) is 0 Å². The molecule has 0 aliphatic rings. The molecule has 0 fully saturated rings. The molecule has 0 unspecified atom stereocenters. The average molecular weight is 270 g/mol. The molecule has 101 valence electrons. The van der Waals surface area contributed by atoms with E-state index in [2.05, 4.69) is 35.2 Å². The van der Waals surface area contributed by atoms with Gasteiger partial charge in [0.1, 0.15) is 0 Å². The van der Waals surface area contributed by atoms with Crippen LogP contribution in [0, 0.1) is 6.58 Å². The zero-order chi connectivity index (χ0) is 14.5. The van der Waals surface area contributed by atoms with E-state index in [0.717, 1.165) is 22.6 Å². The molecule has 21 heavy (non-hydrogen) atoms. The summed E-state index contributed by atoms with van der Waals surface area (Å²) < 4.78 is 0. The Kier molecular flexibility index (Phi) is 3.83. The highest BCUT2D eigenvalue weighted by atomic mass is 15.1. The van der Waals surface area contributed by atoms with Crippen LogP contribution in [0.2, 0.25) is 0 Å². The lowest BCUT2D eigenvalue weighted by atomic mass is 10.1. The van der Waals surface area contributed by atoms with E-state index in [1.54, 1.807) is 6.08 Å². The maximum Gasteiger partial charge on any atom is 0.0533 e. The molecule has 1 nitrogen and oxygen atoms in total. The van der Waals surface area contributed by atoms with Gasteiger partial charge in [-0.3, -0.25) is 0 Å². The van der Waals surface area contributed by atoms with Crippen LogP contribution in [0.4, 0.5) is 17.1 Å². The van der Waals surface area contributed by atoms with Gasteiger partial charge in [0.05, 0.1) is 5.69 Å². The zero-order valence-electron chi connectivity index (χ0n) is 11.7. The number of para-hydroxylation sites is 3. The smallest absolute Gasteiger partial charge is 0.0533 e. The predicted molar refractivity (Wildman–Crippen MR) is 89.9 cm³/mol. The average Bonchev–Trinajstić information content (AvgIpc) is 2.58. The molecule has 0 aromatic heterocycles. The first-order valence-electron chi connectivity index (χ1n) is 6.94. The van der Waals surface area contributed by atoms with E-state index < -0.39 is 0 Å². The Bertz CT molecular complexity index is 678. The molecule has 3 aromatic carbocycles. The third-order valence-corrected chi connectivity index (χ3v) is 3.39. The zero-order valence-corrected chi connectivity index (χ0v) is 11.7. The second-order valence-corrected chi connectivity index (χ2v) is 4.73. The van der Waals surface area contributed by atoms with Crippen LogP contribution in [0.25, 0.3) is 6.08 Å². The molecule has 3 rings (SSSR count). The normalized spacial score (nSPS) is 10.1. The molecule has 0 aliphatic heterocycles. The Labute approximate surface area is 125 Å². The molecular formula is C20H16N. The summed E-state index contributed by atoms with van der Waals surface area (Å²) in [5, 5.41) is 0. The van der Waals surface area contributed by atoms with Crippen molar-refractivity contribution in [1.82, 2.24) is 0 Å². The maximum absolute atomic E-state index is 5.79. The largest absolute Gasteiger partial charge is 0.310 e. The van der Waals surface area contributed by atoms with E-state index in [9.17, 15) is 0 Å². The minimum absolute atomic E-state index is 1.00. The molecule has 0 atom stereocenters. The van der Waals surface area contributed by atoms with Crippen LogP contribution in [-0.4, -0.2) is 0 Å². The summed E-state index contributed by atoms with van der Waals surface area (Å²) in [6.07, 6.45) is 1.65. The molecule has 3 aromatic rings. The van der Waals surface area contributed by atoms with Crippen LogP contribution in [-0.2, 0) is 0 Å². The van der Waals surface area contributed by atoms with Crippen LogP contribution in [0.1, 0.15) is 5.56 Å². The van der Waals surface area contributed by atoms with Gasteiger partial charge >= 0.3 is 0 Å². The summed E-state index contributed by atoms with van der Waals surface area (Å²) in [4.78, 5) is 2.21. The van der Waals surface area contributed by atoms with Crippen molar-refractivity contribution in [2.24, 2.45) is 0 Å². The number of benzene rings is 3. The Hall–Kier alpha value is -2.80. The molecule has 0 spiro atoms. The number of hydrogen-bond acceptors (Lipinski definition) is 1. The standard InChI is InChI=1S/C20H16N/c1-2-17-11-9-10-16-20(17)21(18-12-5-3-6-13-18)19-14-7-4-8-15-19/h1-16H. The van der Waals surface area contributed by atoms with Crippen molar-refractivity contribution >= 4 is 23.1 Å². The fourth-order valence-electron chi connectivity index (χ4n) is 2.41. The van der Waals surface area contributed by atoms with Gasteiger partial charge < -0.3 is 4.90 Å². The van der Waals surface area contributed by atoms with Gasteiger partial charge in [-0.15, -0.1) is 0 Å². The third-order valence-electron chi connectivity index (χ3n) is 3.39. The first-order chi connectivity index (χ1) is 10.4. The number of nitrogens with zero attached hydrogens (tertiary/aromatic N) is 1. The molecule has 0 saturated heterocycles. The molecule has 1 radical (unpaired) electrons. The molecular weight excluding hydrogens is 254 g/mol. The van der Waals surface area contributed by atoms with Gasteiger partial charge in [0, 0.05) is 11.4 Å². The van der Waals surface area contributed by atoms with Gasteiger partial charge in [-0.2, -0.15) is 0 Å². The van der Waals surface area contributed by atoms with Crippen molar-refractivity contribution in [2.75, 3.05) is 4.90 Å². The van der Waals surface area contributed by atoms with Crippen LogP contribution in [0.15, 0.2) is 84.9 Å². The summed E-state index contributed by atoms with van der Waals surface area (Å²) in [6, 6.07) is 28.7. The Balaban J connectivity index is 2.20. The van der Waals surface area contributed by atoms with Gasteiger partial charge in [-0.1, -0.05) is 67.3 Å². The number of rotatable bonds is 4. The number of hydrogen-bond donors (Lipinski definition) is 0. The van der Waals surface area contributed by atoms with Gasteiger partial charge in [0.2, 0.25) is 0 Å². The lowest BCUT2D eigenvalue weighted by Gasteiger charge is -2.26. The summed E-state index contributed by atoms with van der Waals surface area (Å²) in [5.74, 6) is 0. The SMILES string of the molecule is [CH]=Cc1ccccc1N(c1ccccc1)c1ccccc1. The molecule has 0 heterocycles. The minimum atomic E-state index is 1.00. The van der Waals surface area contributed by atoms with E-state index in [1.165, 1.54) is 0 Å². The van der Waals surface area contributed by atoms with Gasteiger partial charge in [-0.05, 0) is 35.9 Å². The third kappa shape index (κ3) is 2.72. The van der Waals surface area contributed by atoms with Crippen molar-refractivity contribution in [3.63, 3.8) is 0 Å². The summed E-state index contributed by atoms with van der Waals surface area (Å²) in [6.45, 7) is 5.79. The van der Waals surface area contributed by atoms with E-state index >= 15 is 0 Å². The highest BCUT2D eigenvalue weighted by Crippen LogP contribution is 2.36. The summed E-state index contributed by atoms with van der Waals surface area (Å²) >= 11 is 0. The lowest BCUT2D eigenvalue weighted by Crippen LogP contribution is -2.10. The predicted octanol–water partition coefficient (Wildman–Crippen LogP) is 5.60. The van der Waals surface area contributed by atoms with Gasteiger partial charge in [0.25, 0.3) is 0 Å². The van der Waals surface area contributed by atoms with E-state index in [4.69, 9.17) is 6.58 Å². The van der Waals surface area contributed by atoms with Crippen molar-refractivity contribution in [1.29, 1.82) is 0 Å². The van der Waals surface area contributed by atoms with Crippen LogP contribution in [0.5, 0.6) is 0 Å². The maximum atomic E-state index is 5.79. The van der Waals surface area contributed by atoms with Gasteiger partial charge in [0.15, 0.2) is 0 Å². The monoisotopic (exact) mass is 270 g/mol. The van der Waals surface area contributed by atoms with Crippen LogP contribution >= 0.6 is 0 Å². The number of anilines is 3. The first-order valence-corrected chi connectivity index (χ1v) is 6.94. The fraction of sp³-hybridized carbons (Fsp3) is 0. The van der Waals surface area contributed by atoms with Crippen molar-refractivity contribution < 1.29 is 0 Å². The highest BCUT2D eigenvalue weighted by molar-refractivity contribution is 5.81. The van der Waals surface area contributed by atoms with E-state index in [-0.39, 0.29) is 0 Å². The minimum Gasteiger partial charge on any atom is -0.310 e. The molecule has 0 aliphatic carbocycles. The highest BCUT2D eigenvalue weighted by Gasteiger charge is 2.13. The second-order valence-electron chi connectivity index (χ2n) is 4.73. The molecule has 0 amide bonds. The molecule has 0 saturated carbocycles. The second kappa shape index (κ2) is 6.10. The lowest BCUT2D eigenvalue weighted by molar-refractivity contribution is 1.28. The van der Waals surface area contributed by atoms with E-state index in [1.807, 2.05) is 54.6 Å². The van der Waals surface area contributed by atoms with Gasteiger partial charge in [-0.25, -0.2) is 0 Å². The summed E-state index contributed by atoms with van der Waals surface area (Å²) in [7, 11) is 0. The first kappa shape index (κ1) is 13.2. The Morgan fingerprint density at radius 3 is 1.62 bits per heavy atom. The van der Waals surface area contributed by atoms with Crippen molar-refractivity contribution in [3.05, 3.63) is 97.1 Å². The molecule has 0 N–H and O–H groups in total. The van der Waals surface area contributed by atoms with E-state index in [0.29, 0.717) is 0 Å². The molecule has 1 heteroatoms. The summed E-state index contributed by atoms with van der Waals surface area (Å²) in [5.41, 5.74) is 4.29. The van der Waals surface area contributed by atoms with Crippen LogP contribution < -0.4 is 4.90 Å².